The van der Waals surface area contributed by atoms with Gasteiger partial charge in [-0.2, -0.15) is 48.3 Å². The third-order valence-electron chi connectivity index (χ3n) is 1.96. The number of halogens is 11. The summed E-state index contributed by atoms with van der Waals surface area (Å²) in [7, 11) is -6.35. The predicted octanol–water partition coefficient (Wildman–Crippen LogP) is -0.361. The van der Waals surface area contributed by atoms with E-state index in [4.69, 9.17) is 0 Å². The maximum atomic E-state index is 12.7. The van der Waals surface area contributed by atoms with Gasteiger partial charge in [-0.3, -0.25) is 0 Å². The molecule has 22 heavy (non-hydrogen) atoms. The number of hydrogen-bond acceptors (Lipinski definition) is 3. The molecule has 0 atom stereocenters. The first kappa shape index (κ1) is 24.4. The van der Waals surface area contributed by atoms with Crippen molar-refractivity contribution in [2.75, 3.05) is 5.75 Å². The van der Waals surface area contributed by atoms with Crippen LogP contribution in [0, 0.1) is 0 Å². The zero-order valence-electron chi connectivity index (χ0n) is 10.00. The van der Waals surface area contributed by atoms with E-state index in [0.717, 1.165) is 0 Å². The van der Waals surface area contributed by atoms with E-state index < -0.39 is 45.7 Å². The van der Waals surface area contributed by atoms with E-state index in [9.17, 15) is 61.3 Å². The van der Waals surface area contributed by atoms with Crippen LogP contribution < -0.4 is 29.6 Å². The number of hydrogen-bond donors (Lipinski definition) is 0. The summed E-state index contributed by atoms with van der Waals surface area (Å²) in [5.41, 5.74) is 0. The minimum Gasteiger partial charge on any atom is -0.748 e. The van der Waals surface area contributed by atoms with Gasteiger partial charge in [-0.25, -0.2) is 8.42 Å². The van der Waals surface area contributed by atoms with Crippen LogP contribution in [0.4, 0.5) is 48.3 Å². The zero-order valence-corrected chi connectivity index (χ0v) is 12.8. The number of rotatable bonds is 5. The fraction of sp³-hybridized carbons (Fsp3) is 1.00. The van der Waals surface area contributed by atoms with Gasteiger partial charge < -0.3 is 4.55 Å². The quantitative estimate of drug-likeness (QED) is 0.369. The Bertz CT molecular complexity index is 496. The van der Waals surface area contributed by atoms with Gasteiger partial charge >= 0.3 is 59.4 Å². The molecule has 0 bridgehead atoms. The maximum absolute atomic E-state index is 12.7. The van der Waals surface area contributed by atoms with Crippen LogP contribution in [-0.2, 0) is 10.1 Å². The van der Waals surface area contributed by atoms with Gasteiger partial charge in [0, 0.05) is 0 Å². The average Bonchev–Trinajstić information content (AvgIpc) is 2.10. The molecule has 0 aliphatic rings. The zero-order chi connectivity index (χ0) is 17.7. The Balaban J connectivity index is 0. The molecule has 0 saturated carbocycles. The van der Waals surface area contributed by atoms with Crippen molar-refractivity contribution in [1.82, 2.24) is 0 Å². The van der Waals surface area contributed by atoms with Crippen molar-refractivity contribution >= 4 is 10.1 Å². The van der Waals surface area contributed by atoms with Gasteiger partial charge in [0.2, 0.25) is 0 Å². The second-order valence-electron chi connectivity index (χ2n) is 3.63. The Kier molecular flexibility index (Phi) is 6.89. The van der Waals surface area contributed by atoms with Gasteiger partial charge in [0.1, 0.15) is 15.9 Å². The molecule has 0 aliphatic carbocycles. The summed E-state index contributed by atoms with van der Waals surface area (Å²) in [6, 6.07) is 0. The monoisotopic (exact) mass is 386 g/mol. The van der Waals surface area contributed by atoms with Crippen LogP contribution in [0.25, 0.3) is 0 Å². The van der Waals surface area contributed by atoms with Crippen LogP contribution in [0.2, 0.25) is 0 Å². The van der Waals surface area contributed by atoms with E-state index in [1.165, 1.54) is 0 Å². The van der Waals surface area contributed by atoms with Crippen molar-refractivity contribution in [3.05, 3.63) is 0 Å². The Labute approximate surface area is 136 Å². The van der Waals surface area contributed by atoms with Crippen molar-refractivity contribution in [2.45, 2.75) is 29.9 Å². The molecular formula is C6H2F11NaO3S. The van der Waals surface area contributed by atoms with Crippen LogP contribution in [0.3, 0.4) is 0 Å². The van der Waals surface area contributed by atoms with Crippen molar-refractivity contribution in [3.63, 3.8) is 0 Å². The Morgan fingerprint density at radius 1 is 0.682 bits per heavy atom. The molecule has 16 heteroatoms. The summed E-state index contributed by atoms with van der Waals surface area (Å²) in [6.07, 6.45) is -7.34. The van der Waals surface area contributed by atoms with E-state index in [1.54, 1.807) is 0 Å². The third-order valence-corrected chi connectivity index (χ3v) is 2.68. The first-order chi connectivity index (χ1) is 8.71. The predicted molar refractivity (Wildman–Crippen MR) is 40.4 cm³/mol. The molecule has 0 rings (SSSR count). The van der Waals surface area contributed by atoms with Gasteiger partial charge in [0.05, 0.1) is 0 Å². The van der Waals surface area contributed by atoms with E-state index in [2.05, 4.69) is 0 Å². The second kappa shape index (κ2) is 6.22. The molecule has 0 N–H and O–H groups in total. The van der Waals surface area contributed by atoms with E-state index in [0.29, 0.717) is 0 Å². The summed E-state index contributed by atoms with van der Waals surface area (Å²) in [5.74, 6) is -33.1. The van der Waals surface area contributed by atoms with Gasteiger partial charge in [0.15, 0.2) is 0 Å². The Hall–Kier alpha value is 0.140. The van der Waals surface area contributed by atoms with E-state index in [1.807, 2.05) is 0 Å². The van der Waals surface area contributed by atoms with Crippen LogP contribution in [-0.4, -0.2) is 48.6 Å². The summed E-state index contributed by atoms with van der Waals surface area (Å²) in [4.78, 5) is 0. The minimum atomic E-state index is -7.72. The maximum Gasteiger partial charge on any atom is 1.00 e. The molecule has 0 aromatic heterocycles. The molecule has 0 fully saturated rings. The molecule has 0 unspecified atom stereocenters. The Morgan fingerprint density at radius 2 is 1.00 bits per heavy atom. The summed E-state index contributed by atoms with van der Waals surface area (Å²) in [6.45, 7) is 0. The van der Waals surface area contributed by atoms with Crippen LogP contribution in [0.15, 0.2) is 0 Å². The molecule has 128 valence electrons. The molecule has 0 radical (unpaired) electrons. The van der Waals surface area contributed by atoms with Gasteiger partial charge in [-0.15, -0.1) is 0 Å². The van der Waals surface area contributed by atoms with E-state index >= 15 is 0 Å². The molecule has 0 aromatic rings. The fourth-order valence-corrected chi connectivity index (χ4v) is 1.54. The Morgan fingerprint density at radius 3 is 1.23 bits per heavy atom. The molecule has 0 spiro atoms. The van der Waals surface area contributed by atoms with Crippen molar-refractivity contribution < 1.29 is 90.8 Å². The number of alkyl halides is 11. The van der Waals surface area contributed by atoms with Crippen molar-refractivity contribution in [1.29, 1.82) is 0 Å². The first-order valence-electron chi connectivity index (χ1n) is 4.22. The summed E-state index contributed by atoms with van der Waals surface area (Å²) < 4.78 is 164. The molecule has 0 heterocycles. The smallest absolute Gasteiger partial charge is 0.748 e. The SMILES string of the molecule is O=S(=O)([O-])CC(F)(F)C(F)(F)C(F)(F)C(F)(F)C(F)(F)F.[Na+]. The fourth-order valence-electron chi connectivity index (χ4n) is 0.918. The van der Waals surface area contributed by atoms with Crippen molar-refractivity contribution in [3.8, 4) is 0 Å². The van der Waals surface area contributed by atoms with Gasteiger partial charge in [-0.05, 0) is 0 Å². The standard InChI is InChI=1S/C6H3F11O3S.Na/c7-2(8,1-21(18,19)20)3(9,10)4(11,12)5(13,14)6(15,16)17;/h1H2,(H,18,19,20);/q;+1/p-1. The second-order valence-corrected chi connectivity index (χ2v) is 5.03. The molecule has 0 aliphatic heterocycles. The molecule has 0 amide bonds. The van der Waals surface area contributed by atoms with Crippen LogP contribution in [0.5, 0.6) is 0 Å². The normalized spacial score (nSPS) is 15.5. The summed E-state index contributed by atoms with van der Waals surface area (Å²) in [5, 5.41) is 0. The average molecular weight is 386 g/mol. The topological polar surface area (TPSA) is 57.2 Å². The molecule has 3 nitrogen and oxygen atoms in total. The van der Waals surface area contributed by atoms with Crippen molar-refractivity contribution in [2.24, 2.45) is 0 Å². The largest absolute Gasteiger partial charge is 1.00 e. The molecule has 0 aromatic carbocycles. The van der Waals surface area contributed by atoms with Crippen LogP contribution >= 0.6 is 0 Å². The molecule has 0 saturated heterocycles. The van der Waals surface area contributed by atoms with Gasteiger partial charge in [0.25, 0.3) is 0 Å². The van der Waals surface area contributed by atoms with Gasteiger partial charge in [-0.1, -0.05) is 0 Å². The third kappa shape index (κ3) is 4.15. The first-order valence-corrected chi connectivity index (χ1v) is 5.80. The summed E-state index contributed by atoms with van der Waals surface area (Å²) >= 11 is 0. The van der Waals surface area contributed by atoms with E-state index in [-0.39, 0.29) is 29.6 Å². The minimum absolute atomic E-state index is 0. The molecular weight excluding hydrogens is 384 g/mol. The van der Waals surface area contributed by atoms with Crippen LogP contribution in [0.1, 0.15) is 0 Å².